The third-order valence-electron chi connectivity index (χ3n) is 13.2. The summed E-state index contributed by atoms with van der Waals surface area (Å²) in [5.74, 6) is 0.786. The van der Waals surface area contributed by atoms with E-state index < -0.39 is 21.9 Å². The number of halogens is 1. The number of likely N-dealkylation sites (tertiary alicyclic amines) is 2. The van der Waals surface area contributed by atoms with Gasteiger partial charge in [0.15, 0.2) is 0 Å². The highest BCUT2D eigenvalue weighted by atomic mass is 35.5. The van der Waals surface area contributed by atoms with E-state index in [-0.39, 0.29) is 35.3 Å². The van der Waals surface area contributed by atoms with E-state index >= 15 is 0 Å². The second-order valence-corrected chi connectivity index (χ2v) is 19.3. The predicted molar refractivity (Wildman–Crippen MR) is 215 cm³/mol. The second kappa shape index (κ2) is 16.0. The minimum atomic E-state index is -3.48. The van der Waals surface area contributed by atoms with Crippen molar-refractivity contribution in [2.45, 2.75) is 82.0 Å². The average Bonchev–Trinajstić information content (AvgIpc) is 3.28. The number of rotatable bonds is 4. The zero-order valence-corrected chi connectivity index (χ0v) is 34.0. The summed E-state index contributed by atoms with van der Waals surface area (Å²) >= 11 is 6.48. The number of carbonyl (C=O) groups excluding carboxylic acids is 2. The lowest BCUT2D eigenvalue weighted by Gasteiger charge is -2.47. The molecule has 6 atom stereocenters. The van der Waals surface area contributed by atoms with E-state index in [2.05, 4.69) is 43.2 Å². The minimum Gasteiger partial charge on any atom is -0.490 e. The van der Waals surface area contributed by atoms with Crippen LogP contribution in [-0.4, -0.2) is 110 Å². The Kier molecular flexibility index (Phi) is 11.3. The number of urea groups is 1. The van der Waals surface area contributed by atoms with Gasteiger partial charge in [0.05, 0.1) is 30.3 Å². The molecule has 13 heteroatoms. The molecule has 4 aliphatic heterocycles. The number of aryl methyl sites for hydroxylation is 1. The maximum atomic E-state index is 14.7. The summed E-state index contributed by atoms with van der Waals surface area (Å²) in [5.41, 5.74) is 3.47. The Labute approximate surface area is 331 Å². The zero-order valence-electron chi connectivity index (χ0n) is 32.4. The van der Waals surface area contributed by atoms with Gasteiger partial charge < -0.3 is 24.0 Å². The standard InChI is InChI=1S/C42H56ClN5O6S/c1-28-6-4-8-38(53-3)35-12-9-31(35)22-48-26-42(17-5-7-29-20-32(43)11-13-36(29)42)27-54-39-14-10-30(21-37(39)48)40(49)44-55(51,25-28)45-41(50)47-23-33(24-47)46-18-15-34(52-2)16-19-46/h4,8,10-11,13-14,20-21,28,31,33-35,38H,5-7,9,12,15-19,22-27H2,1-3H3,(H,44,45,49,50,51)/b8-4+/t28-,31-,35+,38-,42-,55?/m0/s1. The summed E-state index contributed by atoms with van der Waals surface area (Å²) in [4.78, 5) is 34.2. The van der Waals surface area contributed by atoms with Crippen molar-refractivity contribution < 1.29 is 28.0 Å². The van der Waals surface area contributed by atoms with Crippen molar-refractivity contribution in [3.05, 3.63) is 70.3 Å². The Balaban J connectivity index is 1.10. The highest BCUT2D eigenvalue weighted by Crippen LogP contribution is 2.47. The van der Waals surface area contributed by atoms with Gasteiger partial charge in [0.1, 0.15) is 15.7 Å². The normalized spacial score (nSPS) is 32.5. The van der Waals surface area contributed by atoms with Crippen LogP contribution in [0.1, 0.15) is 73.4 Å². The summed E-state index contributed by atoms with van der Waals surface area (Å²) in [5, 5.41) is 0.746. The summed E-state index contributed by atoms with van der Waals surface area (Å²) < 4.78 is 40.1. The molecule has 4 heterocycles. The first-order valence-corrected chi connectivity index (χ1v) is 22.2. The lowest BCUT2D eigenvalue weighted by atomic mass is 9.68. The van der Waals surface area contributed by atoms with Gasteiger partial charge in [-0.3, -0.25) is 14.4 Å². The molecule has 298 valence electrons. The minimum absolute atomic E-state index is 0.0469. The van der Waals surface area contributed by atoms with Gasteiger partial charge in [0.2, 0.25) is 0 Å². The molecule has 1 saturated carbocycles. The molecule has 0 radical (unpaired) electrons. The van der Waals surface area contributed by atoms with Crippen LogP contribution in [0.4, 0.5) is 10.5 Å². The van der Waals surface area contributed by atoms with Gasteiger partial charge in [-0.1, -0.05) is 36.7 Å². The second-order valence-electron chi connectivity index (χ2n) is 16.9. The van der Waals surface area contributed by atoms with E-state index in [1.165, 1.54) is 11.1 Å². The fraction of sp³-hybridized carbons (Fsp3) is 0.619. The molecule has 2 saturated heterocycles. The van der Waals surface area contributed by atoms with Crippen molar-refractivity contribution in [1.29, 1.82) is 0 Å². The molecule has 2 bridgehead atoms. The van der Waals surface area contributed by atoms with E-state index in [4.69, 9.17) is 25.8 Å². The number of methoxy groups -OCH3 is 2. The molecule has 55 heavy (non-hydrogen) atoms. The van der Waals surface area contributed by atoms with Crippen LogP contribution in [0.5, 0.6) is 5.75 Å². The van der Waals surface area contributed by atoms with E-state index in [0.717, 1.165) is 87.6 Å². The van der Waals surface area contributed by atoms with Crippen LogP contribution in [-0.2, 0) is 31.2 Å². The van der Waals surface area contributed by atoms with E-state index in [9.17, 15) is 13.8 Å². The number of amides is 3. The molecule has 1 N–H and O–H groups in total. The number of allylic oxidation sites excluding steroid dienone is 1. The number of nitrogens with one attached hydrogen (secondary N) is 1. The van der Waals surface area contributed by atoms with Gasteiger partial charge in [-0.2, -0.15) is 0 Å². The Bertz CT molecular complexity index is 1920. The van der Waals surface area contributed by atoms with Crippen LogP contribution < -0.4 is 14.4 Å². The fourth-order valence-electron chi connectivity index (χ4n) is 9.90. The number of carbonyl (C=O) groups is 2. The van der Waals surface area contributed by atoms with E-state index in [0.29, 0.717) is 43.5 Å². The Morgan fingerprint density at radius 3 is 2.62 bits per heavy atom. The van der Waals surface area contributed by atoms with Gasteiger partial charge in [-0.25, -0.2) is 9.00 Å². The smallest absolute Gasteiger partial charge is 0.329 e. The number of piperidine rings is 1. The largest absolute Gasteiger partial charge is 0.490 e. The van der Waals surface area contributed by atoms with Crippen molar-refractivity contribution >= 4 is 39.1 Å². The predicted octanol–water partition coefficient (Wildman–Crippen LogP) is 6.48. The van der Waals surface area contributed by atoms with Crippen molar-refractivity contribution in [2.75, 3.05) is 70.7 Å². The van der Waals surface area contributed by atoms with Gasteiger partial charge in [0, 0.05) is 75.5 Å². The van der Waals surface area contributed by atoms with Crippen molar-refractivity contribution in [3.63, 3.8) is 0 Å². The summed E-state index contributed by atoms with van der Waals surface area (Å²) in [7, 11) is 0.0556. The molecule has 1 spiro atoms. The van der Waals surface area contributed by atoms with E-state index in [1.807, 2.05) is 25.1 Å². The molecule has 3 amide bonds. The van der Waals surface area contributed by atoms with Crippen LogP contribution in [0, 0.1) is 17.8 Å². The Morgan fingerprint density at radius 1 is 1.05 bits per heavy atom. The monoisotopic (exact) mass is 793 g/mol. The van der Waals surface area contributed by atoms with Crippen LogP contribution in [0.2, 0.25) is 5.02 Å². The SMILES string of the molecule is COC1CCN(C2CN(C(=O)NS3(=O)=NC(=O)c4ccc5c(c4)N(C[C@@H]4CC[C@H]4[C@@H](OC)/C=C/C[C@H](C)C3)C[C@@]3(CCCc4cc(Cl)ccc43)CO5)C2)CC1. The molecule has 2 aromatic rings. The Morgan fingerprint density at radius 2 is 1.87 bits per heavy atom. The van der Waals surface area contributed by atoms with Crippen LogP contribution >= 0.6 is 11.6 Å². The summed E-state index contributed by atoms with van der Waals surface area (Å²) in [6, 6.07) is 11.5. The number of anilines is 1. The van der Waals surface area contributed by atoms with Crippen LogP contribution in [0.3, 0.4) is 0 Å². The van der Waals surface area contributed by atoms with E-state index in [1.54, 1.807) is 25.2 Å². The van der Waals surface area contributed by atoms with Gasteiger partial charge in [-0.15, -0.1) is 4.36 Å². The summed E-state index contributed by atoms with van der Waals surface area (Å²) in [6.45, 7) is 6.98. The van der Waals surface area contributed by atoms with Crippen LogP contribution in [0.15, 0.2) is 52.9 Å². The number of ether oxygens (including phenoxy) is 3. The van der Waals surface area contributed by atoms with Crippen LogP contribution in [0.25, 0.3) is 0 Å². The molecule has 2 aliphatic carbocycles. The first kappa shape index (κ1) is 38.7. The number of nitrogens with zero attached hydrogens (tertiary/aromatic N) is 4. The third kappa shape index (κ3) is 8.04. The molecule has 1 unspecified atom stereocenters. The Hall–Kier alpha value is -3.16. The molecule has 6 aliphatic rings. The first-order chi connectivity index (χ1) is 26.5. The number of benzene rings is 2. The summed E-state index contributed by atoms with van der Waals surface area (Å²) in [6.07, 6.45) is 12.2. The molecular formula is C42H56ClN5O6S. The number of fused-ring (bicyclic) bond motifs is 4. The quantitative estimate of drug-likeness (QED) is 0.351. The average molecular weight is 794 g/mol. The van der Waals surface area contributed by atoms with Gasteiger partial charge in [0.25, 0.3) is 5.91 Å². The highest BCUT2D eigenvalue weighted by Gasteiger charge is 2.45. The van der Waals surface area contributed by atoms with Crippen molar-refractivity contribution in [3.8, 4) is 5.75 Å². The maximum Gasteiger partial charge on any atom is 0.329 e. The molecule has 8 rings (SSSR count). The number of hydrogen-bond acceptors (Lipinski definition) is 8. The number of hydrogen-bond donors (Lipinski definition) is 1. The lowest BCUT2D eigenvalue weighted by molar-refractivity contribution is -0.00456. The lowest BCUT2D eigenvalue weighted by Crippen LogP contribution is -2.64. The van der Waals surface area contributed by atoms with Crippen molar-refractivity contribution in [1.82, 2.24) is 14.5 Å². The highest BCUT2D eigenvalue weighted by molar-refractivity contribution is 7.92. The van der Waals surface area contributed by atoms with Gasteiger partial charge in [-0.05, 0) is 111 Å². The maximum absolute atomic E-state index is 14.7. The van der Waals surface area contributed by atoms with Crippen molar-refractivity contribution in [2.24, 2.45) is 22.1 Å². The van der Waals surface area contributed by atoms with Gasteiger partial charge >= 0.3 is 6.03 Å². The fourth-order valence-corrected chi connectivity index (χ4v) is 12.0. The molecule has 3 fully saturated rings. The third-order valence-corrected chi connectivity index (χ3v) is 15.4. The molecule has 0 aromatic heterocycles. The zero-order chi connectivity index (χ0) is 38.3. The molecular weight excluding hydrogens is 738 g/mol. The topological polar surface area (TPSA) is 113 Å². The molecule has 2 aromatic carbocycles. The first-order valence-electron chi connectivity index (χ1n) is 20.2. The molecule has 11 nitrogen and oxygen atoms in total.